The molecule has 4 heteroatoms. The number of carbonyl (C=O) groups excluding carboxylic acids is 1. The van der Waals surface area contributed by atoms with Gasteiger partial charge in [-0.05, 0) is 56.3 Å². The first-order valence-corrected chi connectivity index (χ1v) is 8.93. The zero-order chi connectivity index (χ0) is 16.3. The summed E-state index contributed by atoms with van der Waals surface area (Å²) in [4.78, 5) is 15.4. The Morgan fingerprint density at radius 3 is 2.65 bits per heavy atom. The van der Waals surface area contributed by atoms with Gasteiger partial charge in [-0.1, -0.05) is 25.5 Å². The fourth-order valence-corrected chi connectivity index (χ4v) is 3.90. The van der Waals surface area contributed by atoms with E-state index in [9.17, 15) is 9.18 Å². The van der Waals surface area contributed by atoms with Gasteiger partial charge in [-0.15, -0.1) is 0 Å². The van der Waals surface area contributed by atoms with Crippen molar-refractivity contribution in [3.8, 4) is 0 Å². The Kier molecular flexibility index (Phi) is 5.00. The van der Waals surface area contributed by atoms with E-state index in [2.05, 4.69) is 17.1 Å². The third-order valence-electron chi connectivity index (χ3n) is 5.48. The number of nitrogens with zero attached hydrogens (tertiary/aromatic N) is 1. The Bertz CT molecular complexity index is 548. The fourth-order valence-electron chi connectivity index (χ4n) is 3.90. The van der Waals surface area contributed by atoms with Crippen LogP contribution in [-0.4, -0.2) is 36.5 Å². The number of hydrogen-bond donors (Lipinski definition) is 1. The van der Waals surface area contributed by atoms with Crippen molar-refractivity contribution in [2.75, 3.05) is 19.6 Å². The van der Waals surface area contributed by atoms with Gasteiger partial charge >= 0.3 is 0 Å². The van der Waals surface area contributed by atoms with E-state index in [1.807, 2.05) is 6.07 Å². The van der Waals surface area contributed by atoms with Crippen LogP contribution in [0.5, 0.6) is 0 Å². The Balaban J connectivity index is 1.63. The van der Waals surface area contributed by atoms with Gasteiger partial charge in [0.2, 0.25) is 5.91 Å². The van der Waals surface area contributed by atoms with Crippen LogP contribution >= 0.6 is 0 Å². The van der Waals surface area contributed by atoms with Gasteiger partial charge in [-0.2, -0.15) is 0 Å². The third kappa shape index (κ3) is 3.42. The number of benzene rings is 1. The summed E-state index contributed by atoms with van der Waals surface area (Å²) in [5, 5.41) is 3.25. The number of halogens is 1. The number of amides is 1. The molecule has 0 aromatic heterocycles. The molecule has 126 valence electrons. The van der Waals surface area contributed by atoms with E-state index < -0.39 is 5.41 Å². The summed E-state index contributed by atoms with van der Waals surface area (Å²) < 4.78 is 13.6. The lowest BCUT2D eigenvalue weighted by Gasteiger charge is -2.42. The largest absolute Gasteiger partial charge is 0.353 e. The van der Waals surface area contributed by atoms with E-state index in [0.717, 1.165) is 57.3 Å². The Labute approximate surface area is 138 Å². The molecule has 0 bridgehead atoms. The number of piperidine rings is 1. The summed E-state index contributed by atoms with van der Waals surface area (Å²) in [6.07, 6.45) is 5.92. The second kappa shape index (κ2) is 7.00. The van der Waals surface area contributed by atoms with Gasteiger partial charge < -0.3 is 10.2 Å². The van der Waals surface area contributed by atoms with E-state index >= 15 is 0 Å². The topological polar surface area (TPSA) is 32.3 Å². The monoisotopic (exact) mass is 318 g/mol. The molecule has 1 aromatic rings. The molecule has 1 heterocycles. The molecule has 1 aliphatic heterocycles. The molecule has 3 rings (SSSR count). The van der Waals surface area contributed by atoms with Gasteiger partial charge in [0.05, 0.1) is 5.41 Å². The SMILES string of the molecule is CCCN1CCC(NC(=O)C2(c3cccc(F)c3)CCC2)CC1. The number of likely N-dealkylation sites (tertiary alicyclic amines) is 1. The number of hydrogen-bond acceptors (Lipinski definition) is 2. The molecule has 0 atom stereocenters. The standard InChI is InChI=1S/C19H27FN2O/c1-2-11-22-12-7-17(8-13-22)21-18(23)19(9-4-10-19)15-5-3-6-16(20)14-15/h3,5-6,14,17H,2,4,7-13H2,1H3,(H,21,23). The van der Waals surface area contributed by atoms with Crippen LogP contribution in [-0.2, 0) is 10.2 Å². The highest BCUT2D eigenvalue weighted by molar-refractivity contribution is 5.89. The molecule has 23 heavy (non-hydrogen) atoms. The number of carbonyl (C=O) groups is 1. The van der Waals surface area contributed by atoms with Gasteiger partial charge in [-0.3, -0.25) is 4.79 Å². The van der Waals surface area contributed by atoms with Gasteiger partial charge in [0, 0.05) is 19.1 Å². The Morgan fingerprint density at radius 2 is 2.09 bits per heavy atom. The zero-order valence-electron chi connectivity index (χ0n) is 14.0. The van der Waals surface area contributed by atoms with Crippen molar-refractivity contribution in [3.63, 3.8) is 0 Å². The van der Waals surface area contributed by atoms with E-state index in [4.69, 9.17) is 0 Å². The van der Waals surface area contributed by atoms with Gasteiger partial charge in [0.15, 0.2) is 0 Å². The smallest absolute Gasteiger partial charge is 0.230 e. The van der Waals surface area contributed by atoms with Crippen LogP contribution in [0.15, 0.2) is 24.3 Å². The lowest BCUT2D eigenvalue weighted by Crippen LogP contribution is -2.54. The summed E-state index contributed by atoms with van der Waals surface area (Å²) in [6, 6.07) is 6.84. The second-order valence-corrected chi connectivity index (χ2v) is 7.04. The number of nitrogens with one attached hydrogen (secondary N) is 1. The van der Waals surface area contributed by atoms with Gasteiger partial charge in [0.1, 0.15) is 5.82 Å². The quantitative estimate of drug-likeness (QED) is 0.904. The van der Waals surface area contributed by atoms with E-state index in [-0.39, 0.29) is 17.8 Å². The summed E-state index contributed by atoms with van der Waals surface area (Å²) in [5.74, 6) is -0.155. The summed E-state index contributed by atoms with van der Waals surface area (Å²) in [5.41, 5.74) is 0.340. The molecule has 1 amide bonds. The fraction of sp³-hybridized carbons (Fsp3) is 0.632. The average Bonchev–Trinajstić information content (AvgIpc) is 2.48. The van der Waals surface area contributed by atoms with Crippen molar-refractivity contribution >= 4 is 5.91 Å². The molecule has 0 unspecified atom stereocenters. The van der Waals surface area contributed by atoms with Crippen LogP contribution in [0.4, 0.5) is 4.39 Å². The van der Waals surface area contributed by atoms with Crippen LogP contribution in [0.25, 0.3) is 0 Å². The molecular weight excluding hydrogens is 291 g/mol. The minimum Gasteiger partial charge on any atom is -0.353 e. The maximum absolute atomic E-state index is 13.6. The van der Waals surface area contributed by atoms with Crippen LogP contribution in [0.3, 0.4) is 0 Å². The first kappa shape index (κ1) is 16.4. The van der Waals surface area contributed by atoms with Crippen LogP contribution in [0.1, 0.15) is 51.0 Å². The Hall–Kier alpha value is -1.42. The summed E-state index contributed by atoms with van der Waals surface area (Å²) in [7, 11) is 0. The summed E-state index contributed by atoms with van der Waals surface area (Å²) >= 11 is 0. The molecule has 1 saturated carbocycles. The van der Waals surface area contributed by atoms with Gasteiger partial charge in [0.25, 0.3) is 0 Å². The Morgan fingerprint density at radius 1 is 1.35 bits per heavy atom. The first-order chi connectivity index (χ1) is 11.1. The lowest BCUT2D eigenvalue weighted by molar-refractivity contribution is -0.131. The molecule has 2 fully saturated rings. The van der Waals surface area contributed by atoms with E-state index in [1.54, 1.807) is 6.07 Å². The maximum Gasteiger partial charge on any atom is 0.230 e. The van der Waals surface area contributed by atoms with Crippen molar-refractivity contribution in [1.29, 1.82) is 0 Å². The van der Waals surface area contributed by atoms with Crippen molar-refractivity contribution in [3.05, 3.63) is 35.6 Å². The first-order valence-electron chi connectivity index (χ1n) is 8.93. The molecule has 0 radical (unpaired) electrons. The highest BCUT2D eigenvalue weighted by atomic mass is 19.1. The summed E-state index contributed by atoms with van der Waals surface area (Å²) in [6.45, 7) is 5.47. The average molecular weight is 318 g/mol. The van der Waals surface area contributed by atoms with Crippen molar-refractivity contribution in [2.24, 2.45) is 0 Å². The molecule has 1 N–H and O–H groups in total. The van der Waals surface area contributed by atoms with Crippen LogP contribution in [0, 0.1) is 5.82 Å². The third-order valence-corrected chi connectivity index (χ3v) is 5.48. The van der Waals surface area contributed by atoms with E-state index in [0.29, 0.717) is 0 Å². The molecular formula is C19H27FN2O. The minimum atomic E-state index is -0.497. The zero-order valence-corrected chi connectivity index (χ0v) is 14.0. The van der Waals surface area contributed by atoms with Gasteiger partial charge in [-0.25, -0.2) is 4.39 Å². The molecule has 1 aliphatic carbocycles. The minimum absolute atomic E-state index is 0.100. The van der Waals surface area contributed by atoms with Crippen molar-refractivity contribution in [2.45, 2.75) is 56.9 Å². The van der Waals surface area contributed by atoms with Crippen molar-refractivity contribution < 1.29 is 9.18 Å². The van der Waals surface area contributed by atoms with E-state index in [1.165, 1.54) is 18.6 Å². The highest BCUT2D eigenvalue weighted by Gasteiger charge is 2.46. The molecule has 2 aliphatic rings. The highest BCUT2D eigenvalue weighted by Crippen LogP contribution is 2.44. The van der Waals surface area contributed by atoms with Crippen molar-refractivity contribution in [1.82, 2.24) is 10.2 Å². The molecule has 0 spiro atoms. The predicted octanol–water partition coefficient (Wildman–Crippen LogP) is 3.24. The maximum atomic E-state index is 13.6. The second-order valence-electron chi connectivity index (χ2n) is 7.04. The number of rotatable bonds is 5. The lowest BCUT2D eigenvalue weighted by atomic mass is 9.63. The molecule has 1 saturated heterocycles. The van der Waals surface area contributed by atoms with Crippen LogP contribution < -0.4 is 5.32 Å². The molecule has 3 nitrogen and oxygen atoms in total. The molecule has 1 aromatic carbocycles. The van der Waals surface area contributed by atoms with Crippen LogP contribution in [0.2, 0.25) is 0 Å². The predicted molar refractivity (Wildman–Crippen MR) is 89.8 cm³/mol. The normalized spacial score (nSPS) is 21.7.